The highest BCUT2D eigenvalue weighted by Crippen LogP contribution is 2.28. The number of carbonyl (C=O) groups excluding carboxylic acids is 1. The number of aromatic amines is 1. The average molecular weight is 370 g/mol. The van der Waals surface area contributed by atoms with Gasteiger partial charge in [0.05, 0.1) is 4.47 Å². The van der Waals surface area contributed by atoms with Gasteiger partial charge in [-0.2, -0.15) is 5.26 Å². The van der Waals surface area contributed by atoms with Gasteiger partial charge >= 0.3 is 0 Å². The van der Waals surface area contributed by atoms with Crippen LogP contribution in [-0.2, 0) is 0 Å². The van der Waals surface area contributed by atoms with Crippen molar-refractivity contribution in [3.63, 3.8) is 0 Å². The molecule has 3 rings (SSSR count). The molecule has 0 fully saturated rings. The van der Waals surface area contributed by atoms with Crippen LogP contribution in [-0.4, -0.2) is 17.5 Å². The van der Waals surface area contributed by atoms with E-state index in [1.54, 1.807) is 24.3 Å². The van der Waals surface area contributed by atoms with Gasteiger partial charge in [-0.1, -0.05) is 24.3 Å². The van der Waals surface area contributed by atoms with Gasteiger partial charge in [0.25, 0.3) is 5.91 Å². The van der Waals surface area contributed by atoms with Crippen molar-refractivity contribution in [1.29, 1.82) is 5.26 Å². The zero-order chi connectivity index (χ0) is 16.2. The molecule has 0 bridgehead atoms. The lowest BCUT2D eigenvalue weighted by Gasteiger charge is -2.07. The summed E-state index contributed by atoms with van der Waals surface area (Å²) in [5.41, 5.74) is 1.93. The molecule has 23 heavy (non-hydrogen) atoms. The maximum absolute atomic E-state index is 12.5. The second kappa shape index (κ2) is 6.55. The Hall–Kier alpha value is -2.78. The molecule has 0 saturated heterocycles. The number of benzene rings is 2. The van der Waals surface area contributed by atoms with E-state index in [4.69, 9.17) is 10.00 Å². The highest BCUT2D eigenvalue weighted by atomic mass is 79.9. The first-order valence-corrected chi connectivity index (χ1v) is 7.65. The number of aromatic nitrogens is 1. The van der Waals surface area contributed by atoms with Crippen LogP contribution < -0.4 is 10.1 Å². The highest BCUT2D eigenvalue weighted by Gasteiger charge is 2.16. The smallest absolute Gasteiger partial charge is 0.273 e. The molecule has 0 atom stereocenters. The maximum atomic E-state index is 12.5. The number of hydrogen-bond donors (Lipinski definition) is 2. The lowest BCUT2D eigenvalue weighted by molar-refractivity contribution is 0.102. The lowest BCUT2D eigenvalue weighted by atomic mass is 10.2. The number of rotatable bonds is 4. The summed E-state index contributed by atoms with van der Waals surface area (Å²) in [5, 5.41) is 12.3. The molecular weight excluding hydrogens is 358 g/mol. The molecule has 0 aliphatic rings. The van der Waals surface area contributed by atoms with Gasteiger partial charge in [0.1, 0.15) is 17.5 Å². The number of nitrogens with zero attached hydrogens (tertiary/aromatic N) is 1. The Bertz CT molecular complexity index is 912. The van der Waals surface area contributed by atoms with E-state index >= 15 is 0 Å². The largest absolute Gasteiger partial charge is 0.479 e. The standard InChI is InChI=1S/C17H12BrN3O2/c18-15-13-6-1-2-7-14(13)21-16(15)17(22)20-11-4-3-5-12(10-11)23-9-8-19/h1-7,10,21H,9H2,(H,20,22). The fourth-order valence-corrected chi connectivity index (χ4v) is 2.86. The van der Waals surface area contributed by atoms with Crippen molar-refractivity contribution in [2.24, 2.45) is 0 Å². The topological polar surface area (TPSA) is 77.9 Å². The van der Waals surface area contributed by atoms with Gasteiger partial charge in [-0.15, -0.1) is 0 Å². The molecule has 0 aliphatic carbocycles. The highest BCUT2D eigenvalue weighted by molar-refractivity contribution is 9.10. The zero-order valence-corrected chi connectivity index (χ0v) is 13.6. The molecule has 2 N–H and O–H groups in total. The number of H-pyrrole nitrogens is 1. The van der Waals surface area contributed by atoms with Crippen molar-refractivity contribution in [3.8, 4) is 11.8 Å². The van der Waals surface area contributed by atoms with Crippen LogP contribution in [0, 0.1) is 11.3 Å². The summed E-state index contributed by atoms with van der Waals surface area (Å²) in [6, 6.07) is 16.5. The number of ether oxygens (including phenoxy) is 1. The third-order valence-electron chi connectivity index (χ3n) is 3.27. The Kier molecular flexibility index (Phi) is 4.31. The van der Waals surface area contributed by atoms with Crippen LogP contribution in [0.1, 0.15) is 10.5 Å². The second-order valence-corrected chi connectivity index (χ2v) is 5.58. The molecular formula is C17H12BrN3O2. The van der Waals surface area contributed by atoms with Crippen molar-refractivity contribution in [1.82, 2.24) is 4.98 Å². The minimum atomic E-state index is -0.259. The molecule has 2 aromatic carbocycles. The number of fused-ring (bicyclic) bond motifs is 1. The minimum Gasteiger partial charge on any atom is -0.479 e. The summed E-state index contributed by atoms with van der Waals surface area (Å²) in [6.45, 7) is -0.0367. The van der Waals surface area contributed by atoms with E-state index in [0.29, 0.717) is 17.1 Å². The van der Waals surface area contributed by atoms with Crippen LogP contribution >= 0.6 is 15.9 Å². The Morgan fingerprint density at radius 1 is 1.26 bits per heavy atom. The number of carbonyl (C=O) groups is 1. The Morgan fingerprint density at radius 3 is 2.87 bits per heavy atom. The van der Waals surface area contributed by atoms with E-state index in [1.165, 1.54) is 0 Å². The van der Waals surface area contributed by atoms with Crippen molar-refractivity contribution >= 4 is 38.4 Å². The van der Waals surface area contributed by atoms with Gasteiger partial charge in [0, 0.05) is 22.7 Å². The lowest BCUT2D eigenvalue weighted by Crippen LogP contribution is -2.13. The van der Waals surface area contributed by atoms with E-state index in [2.05, 4.69) is 26.2 Å². The Balaban J connectivity index is 1.83. The van der Waals surface area contributed by atoms with Crippen LogP contribution in [0.4, 0.5) is 5.69 Å². The molecule has 6 heteroatoms. The molecule has 1 heterocycles. The quantitative estimate of drug-likeness (QED) is 0.726. The van der Waals surface area contributed by atoms with Crippen LogP contribution in [0.2, 0.25) is 0 Å². The monoisotopic (exact) mass is 369 g/mol. The normalized spacial score (nSPS) is 10.3. The van der Waals surface area contributed by atoms with Crippen LogP contribution in [0.15, 0.2) is 53.0 Å². The molecule has 5 nitrogen and oxygen atoms in total. The molecule has 0 saturated carbocycles. The Labute approximate surface area is 141 Å². The third-order valence-corrected chi connectivity index (χ3v) is 4.09. The minimum absolute atomic E-state index is 0.0367. The average Bonchev–Trinajstić information content (AvgIpc) is 2.91. The number of nitriles is 1. The number of amides is 1. The van der Waals surface area contributed by atoms with Crippen molar-refractivity contribution < 1.29 is 9.53 Å². The summed E-state index contributed by atoms with van der Waals surface area (Å²) in [5.74, 6) is 0.269. The van der Waals surface area contributed by atoms with Crippen molar-refractivity contribution in [3.05, 3.63) is 58.7 Å². The van der Waals surface area contributed by atoms with Gasteiger partial charge in [-0.25, -0.2) is 0 Å². The molecule has 114 valence electrons. The fourth-order valence-electron chi connectivity index (χ4n) is 2.24. The third kappa shape index (κ3) is 3.20. The van der Waals surface area contributed by atoms with E-state index < -0.39 is 0 Å². The summed E-state index contributed by atoms with van der Waals surface area (Å²) in [6.07, 6.45) is 0. The van der Waals surface area contributed by atoms with Crippen LogP contribution in [0.25, 0.3) is 10.9 Å². The van der Waals surface area contributed by atoms with Gasteiger partial charge in [-0.3, -0.25) is 4.79 Å². The molecule has 0 spiro atoms. The molecule has 1 amide bonds. The van der Waals surface area contributed by atoms with Crippen LogP contribution in [0.5, 0.6) is 5.75 Å². The fraction of sp³-hybridized carbons (Fsp3) is 0.0588. The maximum Gasteiger partial charge on any atom is 0.273 e. The summed E-state index contributed by atoms with van der Waals surface area (Å²) in [4.78, 5) is 15.6. The van der Waals surface area contributed by atoms with E-state index in [1.807, 2.05) is 30.3 Å². The summed E-state index contributed by atoms with van der Waals surface area (Å²) >= 11 is 3.46. The van der Waals surface area contributed by atoms with E-state index in [9.17, 15) is 4.79 Å². The number of nitrogens with one attached hydrogen (secondary N) is 2. The van der Waals surface area contributed by atoms with Gasteiger partial charge < -0.3 is 15.0 Å². The SMILES string of the molecule is N#CCOc1cccc(NC(=O)c2[nH]c3ccccc3c2Br)c1. The van der Waals surface area contributed by atoms with Crippen molar-refractivity contribution in [2.45, 2.75) is 0 Å². The first-order valence-electron chi connectivity index (χ1n) is 6.86. The predicted octanol–water partition coefficient (Wildman–Crippen LogP) is 4.09. The first kappa shape index (κ1) is 15.1. The van der Waals surface area contributed by atoms with E-state index in [-0.39, 0.29) is 12.5 Å². The van der Waals surface area contributed by atoms with Gasteiger partial charge in [0.15, 0.2) is 6.61 Å². The van der Waals surface area contributed by atoms with Crippen molar-refractivity contribution in [2.75, 3.05) is 11.9 Å². The zero-order valence-electron chi connectivity index (χ0n) is 12.0. The predicted molar refractivity (Wildman–Crippen MR) is 91.5 cm³/mol. The molecule has 3 aromatic rings. The van der Waals surface area contributed by atoms with E-state index in [0.717, 1.165) is 15.4 Å². The first-order chi connectivity index (χ1) is 11.2. The number of para-hydroxylation sites is 1. The summed E-state index contributed by atoms with van der Waals surface area (Å²) in [7, 11) is 0. The number of anilines is 1. The molecule has 0 aliphatic heterocycles. The Morgan fingerprint density at radius 2 is 2.09 bits per heavy atom. The summed E-state index contributed by atoms with van der Waals surface area (Å²) < 4.78 is 5.95. The molecule has 1 aromatic heterocycles. The molecule has 0 radical (unpaired) electrons. The molecule has 0 unspecified atom stereocenters. The second-order valence-electron chi connectivity index (χ2n) is 4.79. The van der Waals surface area contributed by atoms with Gasteiger partial charge in [-0.05, 0) is 34.1 Å². The van der Waals surface area contributed by atoms with Gasteiger partial charge in [0.2, 0.25) is 0 Å². The van der Waals surface area contributed by atoms with Crippen LogP contribution in [0.3, 0.4) is 0 Å². The number of halogens is 1. The number of hydrogen-bond acceptors (Lipinski definition) is 3.